The summed E-state index contributed by atoms with van der Waals surface area (Å²) >= 11 is 0. The van der Waals surface area contributed by atoms with Crippen molar-refractivity contribution in [2.24, 2.45) is 5.73 Å². The van der Waals surface area contributed by atoms with Crippen LogP contribution in [0.25, 0.3) is 0 Å². The molecule has 0 atom stereocenters. The molecule has 1 aliphatic carbocycles. The standard InChI is InChI=1S/C11H16N2O2/c12-11(3-4-11)10-13-9(7-15-10)8-1-5-14-6-2-8/h7-8H,1-6,12H2. The Bertz CT molecular complexity index is 351. The van der Waals surface area contributed by atoms with E-state index < -0.39 is 0 Å². The zero-order chi connectivity index (χ0) is 10.3. The molecule has 2 heterocycles. The third kappa shape index (κ3) is 1.68. The largest absolute Gasteiger partial charge is 0.447 e. The van der Waals surface area contributed by atoms with Gasteiger partial charge in [-0.2, -0.15) is 0 Å². The van der Waals surface area contributed by atoms with Crippen LogP contribution in [0.4, 0.5) is 0 Å². The smallest absolute Gasteiger partial charge is 0.214 e. The maximum atomic E-state index is 6.03. The average molecular weight is 208 g/mol. The Hall–Kier alpha value is -0.870. The van der Waals surface area contributed by atoms with Gasteiger partial charge in [-0.1, -0.05) is 0 Å². The van der Waals surface area contributed by atoms with Crippen LogP contribution in [0.5, 0.6) is 0 Å². The van der Waals surface area contributed by atoms with Crippen molar-refractivity contribution in [2.45, 2.75) is 37.1 Å². The predicted octanol–water partition coefficient (Wildman–Crippen LogP) is 1.52. The molecule has 0 bridgehead atoms. The third-order valence-electron chi connectivity index (χ3n) is 3.38. The van der Waals surface area contributed by atoms with Gasteiger partial charge < -0.3 is 14.9 Å². The fourth-order valence-corrected chi connectivity index (χ4v) is 2.04. The Balaban J connectivity index is 1.77. The quantitative estimate of drug-likeness (QED) is 0.800. The lowest BCUT2D eigenvalue weighted by atomic mass is 9.97. The molecule has 0 amide bonds. The van der Waals surface area contributed by atoms with E-state index in [4.69, 9.17) is 14.9 Å². The monoisotopic (exact) mass is 208 g/mol. The molecule has 4 nitrogen and oxygen atoms in total. The van der Waals surface area contributed by atoms with Crippen LogP contribution < -0.4 is 5.73 Å². The van der Waals surface area contributed by atoms with Crippen LogP contribution in [0, 0.1) is 0 Å². The number of hydrogen-bond donors (Lipinski definition) is 1. The van der Waals surface area contributed by atoms with Gasteiger partial charge in [0.05, 0.1) is 11.2 Å². The van der Waals surface area contributed by atoms with Crippen LogP contribution in [0.3, 0.4) is 0 Å². The fraction of sp³-hybridized carbons (Fsp3) is 0.727. The minimum atomic E-state index is -0.247. The summed E-state index contributed by atoms with van der Waals surface area (Å²) in [6, 6.07) is 0. The first kappa shape index (κ1) is 9.36. The van der Waals surface area contributed by atoms with Crippen LogP contribution in [0.2, 0.25) is 0 Å². The molecule has 1 saturated carbocycles. The molecule has 1 aliphatic heterocycles. The SMILES string of the molecule is NC1(c2nc(C3CCOCC3)co2)CC1. The molecule has 0 aromatic carbocycles. The highest BCUT2D eigenvalue weighted by Crippen LogP contribution is 2.42. The van der Waals surface area contributed by atoms with E-state index in [0.717, 1.165) is 50.5 Å². The molecule has 2 N–H and O–H groups in total. The molecule has 0 unspecified atom stereocenters. The van der Waals surface area contributed by atoms with Gasteiger partial charge >= 0.3 is 0 Å². The average Bonchev–Trinajstić information content (AvgIpc) is 2.85. The molecule has 4 heteroatoms. The van der Waals surface area contributed by atoms with E-state index in [1.165, 1.54) is 0 Å². The molecule has 1 aromatic rings. The zero-order valence-electron chi connectivity index (χ0n) is 8.74. The Labute approximate surface area is 88.8 Å². The van der Waals surface area contributed by atoms with Gasteiger partial charge in [-0.15, -0.1) is 0 Å². The second-order valence-corrected chi connectivity index (χ2v) is 4.62. The molecule has 82 valence electrons. The number of nitrogens with zero attached hydrogens (tertiary/aromatic N) is 1. The number of rotatable bonds is 2. The van der Waals surface area contributed by atoms with Gasteiger partial charge in [0.1, 0.15) is 6.26 Å². The first-order valence-corrected chi connectivity index (χ1v) is 5.60. The summed E-state index contributed by atoms with van der Waals surface area (Å²) in [5.74, 6) is 1.22. The predicted molar refractivity (Wildman–Crippen MR) is 54.4 cm³/mol. The number of oxazole rings is 1. The minimum absolute atomic E-state index is 0.247. The Morgan fingerprint density at radius 2 is 2.07 bits per heavy atom. The number of hydrogen-bond acceptors (Lipinski definition) is 4. The lowest BCUT2D eigenvalue weighted by molar-refractivity contribution is 0.0845. The van der Waals surface area contributed by atoms with Crippen LogP contribution >= 0.6 is 0 Å². The van der Waals surface area contributed by atoms with E-state index in [2.05, 4.69) is 4.98 Å². The van der Waals surface area contributed by atoms with Crippen LogP contribution in [-0.2, 0) is 10.3 Å². The molecule has 1 saturated heterocycles. The zero-order valence-corrected chi connectivity index (χ0v) is 8.74. The Morgan fingerprint density at radius 1 is 1.33 bits per heavy atom. The van der Waals surface area contributed by atoms with Crippen molar-refractivity contribution in [3.63, 3.8) is 0 Å². The Kier molecular flexibility index (Phi) is 2.07. The molecular formula is C11H16N2O2. The third-order valence-corrected chi connectivity index (χ3v) is 3.38. The van der Waals surface area contributed by atoms with Gasteiger partial charge in [-0.3, -0.25) is 0 Å². The van der Waals surface area contributed by atoms with Gasteiger partial charge in [0.25, 0.3) is 0 Å². The van der Waals surface area contributed by atoms with Crippen molar-refractivity contribution in [2.75, 3.05) is 13.2 Å². The minimum Gasteiger partial charge on any atom is -0.447 e. The molecule has 15 heavy (non-hydrogen) atoms. The van der Waals surface area contributed by atoms with Gasteiger partial charge in [0, 0.05) is 19.1 Å². The number of aromatic nitrogens is 1. The first-order chi connectivity index (χ1) is 7.28. The second-order valence-electron chi connectivity index (χ2n) is 4.62. The van der Waals surface area contributed by atoms with Crippen molar-refractivity contribution in [1.29, 1.82) is 0 Å². The summed E-state index contributed by atoms with van der Waals surface area (Å²) in [6.45, 7) is 1.67. The topological polar surface area (TPSA) is 61.3 Å². The van der Waals surface area contributed by atoms with E-state index in [-0.39, 0.29) is 5.54 Å². The van der Waals surface area contributed by atoms with Crippen molar-refractivity contribution in [3.8, 4) is 0 Å². The van der Waals surface area contributed by atoms with Gasteiger partial charge in [0.2, 0.25) is 5.89 Å². The Morgan fingerprint density at radius 3 is 2.73 bits per heavy atom. The summed E-state index contributed by atoms with van der Waals surface area (Å²) in [5, 5.41) is 0. The molecule has 2 fully saturated rings. The molecule has 0 radical (unpaired) electrons. The summed E-state index contributed by atoms with van der Waals surface area (Å²) < 4.78 is 10.8. The summed E-state index contributed by atoms with van der Waals surface area (Å²) in [6.07, 6.45) is 5.87. The maximum Gasteiger partial charge on any atom is 0.214 e. The van der Waals surface area contributed by atoms with Crippen LogP contribution in [0.1, 0.15) is 43.2 Å². The molecule has 0 spiro atoms. The summed E-state index contributed by atoms with van der Waals surface area (Å²) in [5.41, 5.74) is 6.84. The van der Waals surface area contributed by atoms with Crippen molar-refractivity contribution in [1.82, 2.24) is 4.98 Å². The van der Waals surface area contributed by atoms with E-state index in [0.29, 0.717) is 5.92 Å². The van der Waals surface area contributed by atoms with Crippen molar-refractivity contribution in [3.05, 3.63) is 17.8 Å². The number of ether oxygens (including phenoxy) is 1. The highest BCUT2D eigenvalue weighted by atomic mass is 16.5. The molecule has 3 rings (SSSR count). The first-order valence-electron chi connectivity index (χ1n) is 5.60. The lowest BCUT2D eigenvalue weighted by Gasteiger charge is -2.19. The van der Waals surface area contributed by atoms with Gasteiger partial charge in [-0.25, -0.2) is 4.98 Å². The van der Waals surface area contributed by atoms with E-state index >= 15 is 0 Å². The van der Waals surface area contributed by atoms with Crippen LogP contribution in [-0.4, -0.2) is 18.2 Å². The van der Waals surface area contributed by atoms with Crippen molar-refractivity contribution >= 4 is 0 Å². The van der Waals surface area contributed by atoms with Gasteiger partial charge in [-0.05, 0) is 25.7 Å². The fourth-order valence-electron chi connectivity index (χ4n) is 2.04. The van der Waals surface area contributed by atoms with E-state index in [9.17, 15) is 0 Å². The van der Waals surface area contributed by atoms with E-state index in [1.807, 2.05) is 0 Å². The van der Waals surface area contributed by atoms with E-state index in [1.54, 1.807) is 6.26 Å². The summed E-state index contributed by atoms with van der Waals surface area (Å²) in [4.78, 5) is 4.52. The molecular weight excluding hydrogens is 192 g/mol. The second kappa shape index (κ2) is 3.32. The normalized spacial score (nSPS) is 25.4. The summed E-state index contributed by atoms with van der Waals surface area (Å²) in [7, 11) is 0. The molecule has 1 aromatic heterocycles. The highest BCUT2D eigenvalue weighted by Gasteiger charge is 2.45. The van der Waals surface area contributed by atoms with Gasteiger partial charge in [0.15, 0.2) is 0 Å². The van der Waals surface area contributed by atoms with Crippen LogP contribution in [0.15, 0.2) is 10.7 Å². The molecule has 2 aliphatic rings. The maximum absolute atomic E-state index is 6.03. The highest BCUT2D eigenvalue weighted by molar-refractivity contribution is 5.16. The lowest BCUT2D eigenvalue weighted by Crippen LogP contribution is -2.19. The number of nitrogens with two attached hydrogens (primary N) is 1. The van der Waals surface area contributed by atoms with Crippen molar-refractivity contribution < 1.29 is 9.15 Å².